The molecule has 0 radical (unpaired) electrons. The van der Waals surface area contributed by atoms with E-state index in [1.165, 1.54) is 24.8 Å². The van der Waals surface area contributed by atoms with E-state index in [0.717, 1.165) is 12.1 Å². The van der Waals surface area contributed by atoms with Crippen LogP contribution in [0.2, 0.25) is 0 Å². The standard InChI is InChI=1S/C15H8F4N4O3/c16-11-3-8(12(24)6-25-9-4-20-7-21-5-9)1-2-10(11)13-22-14(26-23-13)15(17,18)19/h1-5,7H,6H2. The molecule has 0 aliphatic rings. The van der Waals surface area contributed by atoms with Crippen LogP contribution in [0.4, 0.5) is 17.6 Å². The van der Waals surface area contributed by atoms with E-state index in [2.05, 4.69) is 24.6 Å². The van der Waals surface area contributed by atoms with Crippen LogP contribution in [0.1, 0.15) is 16.2 Å². The van der Waals surface area contributed by atoms with Crippen LogP contribution < -0.4 is 4.74 Å². The van der Waals surface area contributed by atoms with Gasteiger partial charge in [-0.3, -0.25) is 4.79 Å². The number of Topliss-reactive ketones (excluding diaryl/α,β-unsaturated/α-hetero) is 1. The number of halogens is 4. The Balaban J connectivity index is 1.75. The molecule has 0 aliphatic carbocycles. The lowest BCUT2D eigenvalue weighted by molar-refractivity contribution is -0.159. The zero-order chi connectivity index (χ0) is 18.7. The maximum Gasteiger partial charge on any atom is 0.471 e. The molecule has 1 aromatic carbocycles. The third kappa shape index (κ3) is 3.82. The van der Waals surface area contributed by atoms with Crippen LogP contribution in [0.3, 0.4) is 0 Å². The van der Waals surface area contributed by atoms with Crippen molar-refractivity contribution < 1.29 is 31.6 Å². The van der Waals surface area contributed by atoms with E-state index in [4.69, 9.17) is 4.74 Å². The summed E-state index contributed by atoms with van der Waals surface area (Å²) >= 11 is 0. The fourth-order valence-electron chi connectivity index (χ4n) is 1.91. The third-order valence-corrected chi connectivity index (χ3v) is 3.11. The van der Waals surface area contributed by atoms with Gasteiger partial charge in [0.15, 0.2) is 18.1 Å². The molecular formula is C15H8F4N4O3. The van der Waals surface area contributed by atoms with Crippen molar-refractivity contribution in [3.63, 3.8) is 0 Å². The first kappa shape index (κ1) is 17.5. The van der Waals surface area contributed by atoms with Gasteiger partial charge in [0, 0.05) is 5.56 Å². The van der Waals surface area contributed by atoms with Crippen molar-refractivity contribution in [1.82, 2.24) is 20.1 Å². The minimum absolute atomic E-state index is 0.0392. The second kappa shape index (κ2) is 6.86. The van der Waals surface area contributed by atoms with Crippen LogP contribution in [-0.4, -0.2) is 32.5 Å². The summed E-state index contributed by atoms with van der Waals surface area (Å²) in [5.74, 6) is -3.45. The van der Waals surface area contributed by atoms with E-state index < -0.39 is 36.1 Å². The van der Waals surface area contributed by atoms with Gasteiger partial charge in [0.05, 0.1) is 18.0 Å². The molecule has 11 heteroatoms. The molecule has 2 heterocycles. The summed E-state index contributed by atoms with van der Waals surface area (Å²) in [7, 11) is 0. The fraction of sp³-hybridized carbons (Fsp3) is 0.133. The van der Waals surface area contributed by atoms with E-state index in [9.17, 15) is 22.4 Å². The highest BCUT2D eigenvalue weighted by atomic mass is 19.4. The van der Waals surface area contributed by atoms with E-state index >= 15 is 0 Å². The molecule has 7 nitrogen and oxygen atoms in total. The molecule has 0 N–H and O–H groups in total. The van der Waals surface area contributed by atoms with Gasteiger partial charge >= 0.3 is 12.1 Å². The Morgan fingerprint density at radius 1 is 1.19 bits per heavy atom. The van der Waals surface area contributed by atoms with Gasteiger partial charge in [-0.15, -0.1) is 0 Å². The van der Waals surface area contributed by atoms with Crippen LogP contribution in [-0.2, 0) is 6.18 Å². The van der Waals surface area contributed by atoms with Gasteiger partial charge in [0.1, 0.15) is 12.1 Å². The van der Waals surface area contributed by atoms with Gasteiger partial charge in [0.2, 0.25) is 5.82 Å². The molecule has 3 rings (SSSR count). The Morgan fingerprint density at radius 3 is 2.54 bits per heavy atom. The summed E-state index contributed by atoms with van der Waals surface area (Å²) in [6.45, 7) is -0.396. The predicted molar refractivity (Wildman–Crippen MR) is 76.6 cm³/mol. The molecule has 0 unspecified atom stereocenters. The monoisotopic (exact) mass is 368 g/mol. The first-order valence-corrected chi connectivity index (χ1v) is 6.96. The average Bonchev–Trinajstić information content (AvgIpc) is 3.10. The van der Waals surface area contributed by atoms with E-state index in [1.54, 1.807) is 0 Å². The molecule has 0 fully saturated rings. The van der Waals surface area contributed by atoms with Crippen molar-refractivity contribution in [1.29, 1.82) is 0 Å². The van der Waals surface area contributed by atoms with Crippen LogP contribution in [0.25, 0.3) is 11.4 Å². The first-order chi connectivity index (χ1) is 12.3. The molecule has 0 saturated carbocycles. The highest BCUT2D eigenvalue weighted by Gasteiger charge is 2.38. The van der Waals surface area contributed by atoms with Crippen LogP contribution >= 0.6 is 0 Å². The minimum atomic E-state index is -4.84. The quantitative estimate of drug-likeness (QED) is 0.505. The summed E-state index contributed by atoms with van der Waals surface area (Å²) in [6.07, 6.45) is -0.863. The van der Waals surface area contributed by atoms with Gasteiger partial charge in [-0.25, -0.2) is 14.4 Å². The molecule has 0 bridgehead atoms. The Hall–Kier alpha value is -3.37. The lowest BCUT2D eigenvalue weighted by atomic mass is 10.1. The number of carbonyl (C=O) groups is 1. The van der Waals surface area contributed by atoms with Gasteiger partial charge in [-0.05, 0) is 12.1 Å². The molecule has 0 saturated heterocycles. The molecule has 134 valence electrons. The number of rotatable bonds is 5. The number of ether oxygens (including phenoxy) is 1. The highest BCUT2D eigenvalue weighted by Crippen LogP contribution is 2.30. The zero-order valence-electron chi connectivity index (χ0n) is 12.7. The van der Waals surface area contributed by atoms with Gasteiger partial charge in [-0.1, -0.05) is 11.2 Å². The zero-order valence-corrected chi connectivity index (χ0v) is 12.7. The normalized spacial score (nSPS) is 11.4. The Labute approximate surface area is 142 Å². The maximum absolute atomic E-state index is 14.1. The molecule has 2 aromatic heterocycles. The maximum atomic E-state index is 14.1. The number of carbonyl (C=O) groups excluding carboxylic acids is 1. The van der Waals surface area contributed by atoms with Gasteiger partial charge in [-0.2, -0.15) is 18.2 Å². The van der Waals surface area contributed by atoms with Crippen LogP contribution in [0.15, 0.2) is 41.4 Å². The summed E-state index contributed by atoms with van der Waals surface area (Å²) in [5, 5.41) is 3.09. The van der Waals surface area contributed by atoms with E-state index in [0.29, 0.717) is 0 Å². The summed E-state index contributed by atoms with van der Waals surface area (Å²) < 4.78 is 60.7. The smallest absolute Gasteiger partial charge is 0.471 e. The van der Waals surface area contributed by atoms with Crippen molar-refractivity contribution in [2.45, 2.75) is 6.18 Å². The number of nitrogens with zero attached hydrogens (tertiary/aromatic N) is 4. The van der Waals surface area contributed by atoms with Crippen molar-refractivity contribution in [2.75, 3.05) is 6.61 Å². The molecule has 3 aromatic rings. The summed E-state index contributed by atoms with van der Waals surface area (Å²) in [5.41, 5.74) is -0.374. The van der Waals surface area contributed by atoms with Crippen LogP contribution in [0, 0.1) is 5.82 Å². The molecule has 0 aliphatic heterocycles. The molecule has 0 atom stereocenters. The Morgan fingerprint density at radius 2 is 1.92 bits per heavy atom. The van der Waals surface area contributed by atoms with Crippen molar-refractivity contribution >= 4 is 5.78 Å². The second-order valence-corrected chi connectivity index (χ2v) is 4.90. The topological polar surface area (TPSA) is 91.0 Å². The number of hydrogen-bond donors (Lipinski definition) is 0. The first-order valence-electron chi connectivity index (χ1n) is 6.96. The Kier molecular flexibility index (Phi) is 4.61. The van der Waals surface area contributed by atoms with Gasteiger partial charge < -0.3 is 9.26 Å². The van der Waals surface area contributed by atoms with Crippen molar-refractivity contribution in [3.8, 4) is 17.1 Å². The Bertz CT molecular complexity index is 928. The number of aromatic nitrogens is 4. The highest BCUT2D eigenvalue weighted by molar-refractivity contribution is 5.97. The van der Waals surface area contributed by atoms with Crippen LogP contribution in [0.5, 0.6) is 5.75 Å². The molecule has 26 heavy (non-hydrogen) atoms. The van der Waals surface area contributed by atoms with Gasteiger partial charge in [0.25, 0.3) is 0 Å². The fourth-order valence-corrected chi connectivity index (χ4v) is 1.91. The number of hydrogen-bond acceptors (Lipinski definition) is 7. The summed E-state index contributed by atoms with van der Waals surface area (Å²) in [6, 6.07) is 3.15. The lowest BCUT2D eigenvalue weighted by Gasteiger charge is -2.05. The number of ketones is 1. The third-order valence-electron chi connectivity index (χ3n) is 3.11. The number of benzene rings is 1. The predicted octanol–water partition coefficient (Wildman–Crippen LogP) is 2.95. The lowest BCUT2D eigenvalue weighted by Crippen LogP contribution is -2.12. The molecular weight excluding hydrogens is 360 g/mol. The van der Waals surface area contributed by atoms with E-state index in [-0.39, 0.29) is 16.9 Å². The van der Waals surface area contributed by atoms with Crippen molar-refractivity contribution in [2.24, 2.45) is 0 Å². The SMILES string of the molecule is O=C(COc1cncnc1)c1ccc(-c2noc(C(F)(F)F)n2)c(F)c1. The summed E-state index contributed by atoms with van der Waals surface area (Å²) in [4.78, 5) is 22.5. The second-order valence-electron chi connectivity index (χ2n) is 4.90. The minimum Gasteiger partial charge on any atom is -0.482 e. The van der Waals surface area contributed by atoms with E-state index in [1.807, 2.05) is 0 Å². The average molecular weight is 368 g/mol. The van der Waals surface area contributed by atoms with Crippen molar-refractivity contribution in [3.05, 3.63) is 54.2 Å². The molecule has 0 spiro atoms. The largest absolute Gasteiger partial charge is 0.482 e. The number of alkyl halides is 3. The molecule has 0 amide bonds.